The molecule has 1 unspecified atom stereocenters. The quantitative estimate of drug-likeness (QED) is 0.698. The Bertz CT molecular complexity index is 376. The van der Waals surface area contributed by atoms with Gasteiger partial charge in [0.25, 0.3) is 0 Å². The molecule has 88 valence electrons. The number of rotatable bonds is 2. The standard InChI is InChI=1S/C9H15N5O2/c1-6(10)8-12-13-9(16-8)14-4-2-3-11-7(15)5-14/h6H,2-5,10H2,1H3,(H,11,15). The molecule has 1 aliphatic heterocycles. The minimum atomic E-state index is -0.290. The third kappa shape index (κ3) is 2.30. The van der Waals surface area contributed by atoms with Gasteiger partial charge >= 0.3 is 6.01 Å². The normalized spacial score (nSPS) is 19.1. The van der Waals surface area contributed by atoms with Crippen molar-refractivity contribution in [3.63, 3.8) is 0 Å². The molecule has 2 rings (SSSR count). The van der Waals surface area contributed by atoms with E-state index in [1.54, 1.807) is 11.8 Å². The Balaban J connectivity index is 2.12. The van der Waals surface area contributed by atoms with Crippen LogP contribution < -0.4 is 16.0 Å². The molecule has 0 spiro atoms. The van der Waals surface area contributed by atoms with Crippen molar-refractivity contribution in [3.8, 4) is 0 Å². The Morgan fingerprint density at radius 2 is 2.38 bits per heavy atom. The fourth-order valence-electron chi connectivity index (χ4n) is 1.51. The summed E-state index contributed by atoms with van der Waals surface area (Å²) in [4.78, 5) is 13.1. The maximum absolute atomic E-state index is 11.3. The number of nitrogens with zero attached hydrogens (tertiary/aromatic N) is 3. The first-order chi connectivity index (χ1) is 7.66. The molecule has 1 aromatic rings. The molecule has 0 radical (unpaired) electrons. The molecule has 1 saturated heterocycles. The number of carbonyl (C=O) groups excluding carboxylic acids is 1. The van der Waals surface area contributed by atoms with E-state index in [-0.39, 0.29) is 18.5 Å². The van der Waals surface area contributed by atoms with Crippen molar-refractivity contribution in [2.24, 2.45) is 5.73 Å². The summed E-state index contributed by atoms with van der Waals surface area (Å²) >= 11 is 0. The Kier molecular flexibility index (Phi) is 3.04. The molecule has 0 aliphatic carbocycles. The highest BCUT2D eigenvalue weighted by atomic mass is 16.4. The Morgan fingerprint density at radius 3 is 3.06 bits per heavy atom. The zero-order valence-corrected chi connectivity index (χ0v) is 9.14. The fraction of sp³-hybridized carbons (Fsp3) is 0.667. The minimum Gasteiger partial charge on any atom is -0.406 e. The summed E-state index contributed by atoms with van der Waals surface area (Å²) in [7, 11) is 0. The van der Waals surface area contributed by atoms with Crippen LogP contribution >= 0.6 is 0 Å². The van der Waals surface area contributed by atoms with E-state index in [4.69, 9.17) is 10.2 Å². The smallest absolute Gasteiger partial charge is 0.318 e. The molecule has 7 heteroatoms. The van der Waals surface area contributed by atoms with Crippen molar-refractivity contribution < 1.29 is 9.21 Å². The van der Waals surface area contributed by atoms with Gasteiger partial charge in [-0.2, -0.15) is 0 Å². The van der Waals surface area contributed by atoms with Crippen LogP contribution in [-0.4, -0.2) is 35.7 Å². The average molecular weight is 225 g/mol. The number of carbonyl (C=O) groups is 1. The third-order valence-corrected chi connectivity index (χ3v) is 2.35. The molecule has 1 aliphatic rings. The Labute approximate surface area is 93.0 Å². The number of hydrogen-bond acceptors (Lipinski definition) is 6. The number of hydrogen-bond donors (Lipinski definition) is 2. The monoisotopic (exact) mass is 225 g/mol. The van der Waals surface area contributed by atoms with Crippen LogP contribution in [0.25, 0.3) is 0 Å². The molecule has 1 fully saturated rings. The largest absolute Gasteiger partial charge is 0.406 e. The second-order valence-corrected chi connectivity index (χ2v) is 3.84. The first-order valence-electron chi connectivity index (χ1n) is 5.27. The van der Waals surface area contributed by atoms with Gasteiger partial charge in [0.15, 0.2) is 0 Å². The first-order valence-corrected chi connectivity index (χ1v) is 5.27. The van der Waals surface area contributed by atoms with Gasteiger partial charge in [0, 0.05) is 13.1 Å². The second-order valence-electron chi connectivity index (χ2n) is 3.84. The molecule has 2 heterocycles. The van der Waals surface area contributed by atoms with Gasteiger partial charge in [0.1, 0.15) is 6.54 Å². The van der Waals surface area contributed by atoms with Gasteiger partial charge in [0.2, 0.25) is 11.8 Å². The van der Waals surface area contributed by atoms with E-state index in [1.807, 2.05) is 0 Å². The van der Waals surface area contributed by atoms with Crippen molar-refractivity contribution in [1.29, 1.82) is 0 Å². The van der Waals surface area contributed by atoms with Gasteiger partial charge in [-0.3, -0.25) is 4.79 Å². The van der Waals surface area contributed by atoms with Crippen LogP contribution in [-0.2, 0) is 4.79 Å². The van der Waals surface area contributed by atoms with Gasteiger partial charge in [-0.15, -0.1) is 5.10 Å². The van der Waals surface area contributed by atoms with Crippen molar-refractivity contribution in [2.75, 3.05) is 24.5 Å². The Hall–Kier alpha value is -1.63. The van der Waals surface area contributed by atoms with E-state index in [0.717, 1.165) is 13.0 Å². The summed E-state index contributed by atoms with van der Waals surface area (Å²) in [6.07, 6.45) is 0.863. The number of amides is 1. The number of nitrogens with two attached hydrogens (primary N) is 1. The fourth-order valence-corrected chi connectivity index (χ4v) is 1.51. The predicted molar refractivity (Wildman–Crippen MR) is 56.7 cm³/mol. The first kappa shape index (κ1) is 10.9. The molecule has 16 heavy (non-hydrogen) atoms. The van der Waals surface area contributed by atoms with Gasteiger partial charge in [-0.05, 0) is 13.3 Å². The van der Waals surface area contributed by atoms with Gasteiger partial charge in [-0.1, -0.05) is 5.10 Å². The van der Waals surface area contributed by atoms with Crippen LogP contribution in [0.1, 0.15) is 25.3 Å². The molecular formula is C9H15N5O2. The number of aromatic nitrogens is 2. The van der Waals surface area contributed by atoms with Crippen molar-refractivity contribution >= 4 is 11.9 Å². The van der Waals surface area contributed by atoms with Gasteiger partial charge < -0.3 is 20.4 Å². The lowest BCUT2D eigenvalue weighted by Gasteiger charge is -2.14. The molecule has 0 saturated carbocycles. The topological polar surface area (TPSA) is 97.3 Å². The van der Waals surface area contributed by atoms with E-state index < -0.39 is 0 Å². The molecule has 0 aromatic carbocycles. The van der Waals surface area contributed by atoms with Crippen LogP contribution in [0, 0.1) is 0 Å². The van der Waals surface area contributed by atoms with E-state index in [9.17, 15) is 4.79 Å². The van der Waals surface area contributed by atoms with Crippen molar-refractivity contribution in [3.05, 3.63) is 5.89 Å². The lowest BCUT2D eigenvalue weighted by Crippen LogP contribution is -2.33. The lowest BCUT2D eigenvalue weighted by atomic mass is 10.4. The van der Waals surface area contributed by atoms with E-state index in [0.29, 0.717) is 18.5 Å². The zero-order valence-electron chi connectivity index (χ0n) is 9.14. The third-order valence-electron chi connectivity index (χ3n) is 2.35. The van der Waals surface area contributed by atoms with E-state index in [1.165, 1.54) is 0 Å². The molecule has 3 N–H and O–H groups in total. The van der Waals surface area contributed by atoms with Crippen molar-refractivity contribution in [1.82, 2.24) is 15.5 Å². The molecule has 1 amide bonds. The summed E-state index contributed by atoms with van der Waals surface area (Å²) in [5.74, 6) is 0.359. The predicted octanol–water partition coefficient (Wildman–Crippen LogP) is -0.584. The van der Waals surface area contributed by atoms with Gasteiger partial charge in [0.05, 0.1) is 6.04 Å². The maximum atomic E-state index is 11.3. The van der Waals surface area contributed by atoms with E-state index >= 15 is 0 Å². The van der Waals surface area contributed by atoms with Crippen LogP contribution in [0.5, 0.6) is 0 Å². The summed E-state index contributed by atoms with van der Waals surface area (Å²) in [6, 6.07) is 0.0754. The molecule has 7 nitrogen and oxygen atoms in total. The van der Waals surface area contributed by atoms with Gasteiger partial charge in [-0.25, -0.2) is 0 Å². The molecule has 1 aromatic heterocycles. The maximum Gasteiger partial charge on any atom is 0.318 e. The summed E-state index contributed by atoms with van der Waals surface area (Å²) < 4.78 is 5.39. The number of anilines is 1. The summed E-state index contributed by atoms with van der Waals surface area (Å²) in [5, 5.41) is 10.5. The lowest BCUT2D eigenvalue weighted by molar-refractivity contribution is -0.119. The molecule has 0 bridgehead atoms. The molecule has 1 atom stereocenters. The summed E-state index contributed by atoms with van der Waals surface area (Å²) in [5.41, 5.74) is 5.62. The highest BCUT2D eigenvalue weighted by Crippen LogP contribution is 2.16. The Morgan fingerprint density at radius 1 is 1.56 bits per heavy atom. The zero-order chi connectivity index (χ0) is 11.5. The summed E-state index contributed by atoms with van der Waals surface area (Å²) in [6.45, 7) is 3.43. The number of nitrogens with one attached hydrogen (secondary N) is 1. The molecular weight excluding hydrogens is 210 g/mol. The average Bonchev–Trinajstić information content (AvgIpc) is 2.63. The second kappa shape index (κ2) is 4.48. The SMILES string of the molecule is CC(N)c1nnc(N2CCCNC(=O)C2)o1. The van der Waals surface area contributed by atoms with E-state index in [2.05, 4.69) is 15.5 Å². The van der Waals surface area contributed by atoms with Crippen LogP contribution in [0.3, 0.4) is 0 Å². The van der Waals surface area contributed by atoms with Crippen LogP contribution in [0.15, 0.2) is 4.42 Å². The minimum absolute atomic E-state index is 0.0296. The van der Waals surface area contributed by atoms with Crippen LogP contribution in [0.4, 0.5) is 6.01 Å². The van der Waals surface area contributed by atoms with Crippen molar-refractivity contribution in [2.45, 2.75) is 19.4 Å². The highest BCUT2D eigenvalue weighted by molar-refractivity contribution is 5.80. The highest BCUT2D eigenvalue weighted by Gasteiger charge is 2.20. The van der Waals surface area contributed by atoms with Crippen LogP contribution in [0.2, 0.25) is 0 Å².